The Morgan fingerprint density at radius 2 is 2.29 bits per heavy atom. The number of hydrogen-bond acceptors (Lipinski definition) is 3. The van der Waals surface area contributed by atoms with E-state index in [9.17, 15) is 0 Å². The molecule has 0 radical (unpaired) electrons. The van der Waals surface area contributed by atoms with Gasteiger partial charge in [-0.15, -0.1) is 11.8 Å². The molecule has 0 saturated heterocycles. The van der Waals surface area contributed by atoms with Gasteiger partial charge in [-0.05, 0) is 18.8 Å². The molecule has 1 aromatic heterocycles. The topological polar surface area (TPSA) is 43.8 Å². The van der Waals surface area contributed by atoms with Gasteiger partial charge in [0, 0.05) is 19.0 Å². The van der Waals surface area contributed by atoms with Crippen molar-refractivity contribution >= 4 is 17.4 Å². The Labute approximate surface area is 89.1 Å². The van der Waals surface area contributed by atoms with Gasteiger partial charge in [-0.3, -0.25) is 4.68 Å². The van der Waals surface area contributed by atoms with E-state index >= 15 is 0 Å². The highest BCUT2D eigenvalue weighted by Gasteiger charge is 2.16. The summed E-state index contributed by atoms with van der Waals surface area (Å²) in [5.41, 5.74) is 6.64. The van der Waals surface area contributed by atoms with E-state index in [-0.39, 0.29) is 0 Å². The Hall–Kier alpha value is -0.640. The molecule has 14 heavy (non-hydrogen) atoms. The molecule has 0 amide bonds. The zero-order valence-electron chi connectivity index (χ0n) is 8.57. The highest BCUT2D eigenvalue weighted by molar-refractivity contribution is 7.99. The second-order valence-electron chi connectivity index (χ2n) is 4.02. The van der Waals surface area contributed by atoms with Gasteiger partial charge in [-0.1, -0.05) is 12.8 Å². The standard InChI is InChI=1S/C10H17N3S/c1-13-6-9(11)10(12-13)14-7-8-4-2-3-5-8/h6,8H,2-5,7,11H2,1H3. The molecule has 0 atom stereocenters. The zero-order chi connectivity index (χ0) is 9.97. The Kier molecular flexibility index (Phi) is 3.01. The van der Waals surface area contributed by atoms with Gasteiger partial charge in [-0.25, -0.2) is 0 Å². The SMILES string of the molecule is Cn1cc(N)c(SCC2CCCC2)n1. The van der Waals surface area contributed by atoms with Crippen LogP contribution in [0.1, 0.15) is 25.7 Å². The molecule has 0 spiro atoms. The lowest BCUT2D eigenvalue weighted by Gasteiger charge is -2.06. The van der Waals surface area contributed by atoms with Gasteiger partial charge >= 0.3 is 0 Å². The van der Waals surface area contributed by atoms with E-state index in [1.807, 2.05) is 25.0 Å². The highest BCUT2D eigenvalue weighted by Crippen LogP contribution is 2.32. The van der Waals surface area contributed by atoms with E-state index in [0.717, 1.165) is 16.6 Å². The quantitative estimate of drug-likeness (QED) is 0.780. The van der Waals surface area contributed by atoms with Crippen molar-refractivity contribution in [1.29, 1.82) is 0 Å². The van der Waals surface area contributed by atoms with Crippen molar-refractivity contribution in [1.82, 2.24) is 9.78 Å². The third-order valence-electron chi connectivity index (χ3n) is 2.75. The fraction of sp³-hybridized carbons (Fsp3) is 0.700. The van der Waals surface area contributed by atoms with Crippen LogP contribution in [-0.4, -0.2) is 15.5 Å². The number of aryl methyl sites for hydroxylation is 1. The van der Waals surface area contributed by atoms with Gasteiger partial charge in [0.05, 0.1) is 5.69 Å². The lowest BCUT2D eigenvalue weighted by Crippen LogP contribution is -1.97. The van der Waals surface area contributed by atoms with Gasteiger partial charge in [-0.2, -0.15) is 5.10 Å². The number of anilines is 1. The fourth-order valence-electron chi connectivity index (χ4n) is 1.97. The first kappa shape index (κ1) is 9.90. The van der Waals surface area contributed by atoms with Crippen molar-refractivity contribution in [2.45, 2.75) is 30.7 Å². The molecule has 0 unspecified atom stereocenters. The third kappa shape index (κ3) is 2.23. The minimum atomic E-state index is 0.815. The van der Waals surface area contributed by atoms with E-state index in [1.165, 1.54) is 31.4 Å². The molecule has 1 aliphatic carbocycles. The maximum atomic E-state index is 5.82. The van der Waals surface area contributed by atoms with Gasteiger partial charge in [0.1, 0.15) is 5.03 Å². The molecule has 1 fully saturated rings. The lowest BCUT2D eigenvalue weighted by atomic mass is 10.1. The largest absolute Gasteiger partial charge is 0.395 e. The van der Waals surface area contributed by atoms with E-state index in [4.69, 9.17) is 5.73 Å². The van der Waals surface area contributed by atoms with Gasteiger partial charge in [0.25, 0.3) is 0 Å². The molecule has 2 rings (SSSR count). The van der Waals surface area contributed by atoms with E-state index in [1.54, 1.807) is 4.68 Å². The predicted octanol–water partition coefficient (Wildman–Crippen LogP) is 2.28. The smallest absolute Gasteiger partial charge is 0.141 e. The van der Waals surface area contributed by atoms with Crippen LogP contribution in [0, 0.1) is 5.92 Å². The van der Waals surface area contributed by atoms with Crippen molar-refractivity contribution in [2.24, 2.45) is 13.0 Å². The summed E-state index contributed by atoms with van der Waals surface area (Å²) in [5.74, 6) is 2.07. The van der Waals surface area contributed by atoms with Crippen LogP contribution in [0.3, 0.4) is 0 Å². The second kappa shape index (κ2) is 4.26. The number of rotatable bonds is 3. The molecule has 4 heteroatoms. The van der Waals surface area contributed by atoms with Crippen LogP contribution >= 0.6 is 11.8 Å². The Bertz CT molecular complexity index is 302. The summed E-state index contributed by atoms with van der Waals surface area (Å²) in [6.45, 7) is 0. The first-order valence-corrected chi connectivity index (χ1v) is 6.16. The van der Waals surface area contributed by atoms with Crippen LogP contribution in [0.25, 0.3) is 0 Å². The minimum Gasteiger partial charge on any atom is -0.395 e. The lowest BCUT2D eigenvalue weighted by molar-refractivity contribution is 0.622. The van der Waals surface area contributed by atoms with Crippen LogP contribution < -0.4 is 5.73 Å². The fourth-order valence-corrected chi connectivity index (χ4v) is 3.11. The molecule has 3 nitrogen and oxygen atoms in total. The number of thioether (sulfide) groups is 1. The van der Waals surface area contributed by atoms with E-state index in [2.05, 4.69) is 5.10 Å². The zero-order valence-corrected chi connectivity index (χ0v) is 9.39. The van der Waals surface area contributed by atoms with Gasteiger partial charge in [0.15, 0.2) is 0 Å². The van der Waals surface area contributed by atoms with Crippen molar-refractivity contribution in [3.05, 3.63) is 6.20 Å². The first-order valence-electron chi connectivity index (χ1n) is 5.17. The summed E-state index contributed by atoms with van der Waals surface area (Å²) in [6.07, 6.45) is 7.46. The van der Waals surface area contributed by atoms with E-state index < -0.39 is 0 Å². The van der Waals surface area contributed by atoms with Crippen LogP contribution in [0.15, 0.2) is 11.2 Å². The number of hydrogen-bond donors (Lipinski definition) is 1. The first-order chi connectivity index (χ1) is 6.75. The summed E-state index contributed by atoms with van der Waals surface area (Å²) >= 11 is 1.81. The van der Waals surface area contributed by atoms with E-state index in [0.29, 0.717) is 0 Å². The normalized spacial score (nSPS) is 17.8. The van der Waals surface area contributed by atoms with Crippen molar-refractivity contribution < 1.29 is 0 Å². The van der Waals surface area contributed by atoms with Crippen LogP contribution in [0.5, 0.6) is 0 Å². The summed E-state index contributed by atoms with van der Waals surface area (Å²) in [7, 11) is 1.91. The average molecular weight is 211 g/mol. The molecule has 0 aliphatic heterocycles. The molecule has 78 valence electrons. The summed E-state index contributed by atoms with van der Waals surface area (Å²) in [4.78, 5) is 0. The molecule has 1 saturated carbocycles. The van der Waals surface area contributed by atoms with Gasteiger partial charge < -0.3 is 5.73 Å². The maximum absolute atomic E-state index is 5.82. The number of aromatic nitrogens is 2. The van der Waals surface area contributed by atoms with Crippen LogP contribution in [0.2, 0.25) is 0 Å². The molecule has 0 aromatic carbocycles. The third-order valence-corrected chi connectivity index (χ3v) is 3.98. The number of nitrogens with two attached hydrogens (primary N) is 1. The van der Waals surface area contributed by atoms with Crippen molar-refractivity contribution in [3.63, 3.8) is 0 Å². The summed E-state index contributed by atoms with van der Waals surface area (Å²) in [5, 5.41) is 5.33. The minimum absolute atomic E-state index is 0.815. The maximum Gasteiger partial charge on any atom is 0.141 e. The van der Waals surface area contributed by atoms with Gasteiger partial charge in [0.2, 0.25) is 0 Å². The molecule has 2 N–H and O–H groups in total. The van der Waals surface area contributed by atoms with Crippen LogP contribution in [-0.2, 0) is 7.05 Å². The Balaban J connectivity index is 1.87. The monoisotopic (exact) mass is 211 g/mol. The Morgan fingerprint density at radius 3 is 2.86 bits per heavy atom. The molecule has 1 heterocycles. The molecule has 0 bridgehead atoms. The second-order valence-corrected chi connectivity index (χ2v) is 5.03. The molecule has 1 aromatic rings. The van der Waals surface area contributed by atoms with Crippen molar-refractivity contribution in [2.75, 3.05) is 11.5 Å². The predicted molar refractivity (Wildman–Crippen MR) is 60.3 cm³/mol. The molecular formula is C10H17N3S. The highest BCUT2D eigenvalue weighted by atomic mass is 32.2. The number of nitrogens with zero attached hydrogens (tertiary/aromatic N) is 2. The number of nitrogen functional groups attached to an aromatic ring is 1. The summed E-state index contributed by atoms with van der Waals surface area (Å²) in [6, 6.07) is 0. The van der Waals surface area contributed by atoms with Crippen molar-refractivity contribution in [3.8, 4) is 0 Å². The van der Waals surface area contributed by atoms with Crippen LogP contribution in [0.4, 0.5) is 5.69 Å². The Morgan fingerprint density at radius 1 is 1.57 bits per heavy atom. The molecular weight excluding hydrogens is 194 g/mol. The summed E-state index contributed by atoms with van der Waals surface area (Å²) < 4.78 is 1.78. The average Bonchev–Trinajstić information content (AvgIpc) is 2.72. The molecule has 1 aliphatic rings.